The number of ether oxygens (including phenoxy) is 1. The SMILES string of the molecule is CCNC(c1cncc(F)c1)c1c(F)cccc1OC. The quantitative estimate of drug-likeness (QED) is 0.912. The lowest BCUT2D eigenvalue weighted by Gasteiger charge is -2.21. The highest BCUT2D eigenvalue weighted by Gasteiger charge is 2.22. The first kappa shape index (κ1) is 14.4. The Hall–Kier alpha value is -2.01. The fourth-order valence-electron chi connectivity index (χ4n) is 2.15. The molecular formula is C15H16F2N2O. The smallest absolute Gasteiger partial charge is 0.141 e. The van der Waals surface area contributed by atoms with E-state index < -0.39 is 17.7 Å². The summed E-state index contributed by atoms with van der Waals surface area (Å²) in [6.07, 6.45) is 2.63. The molecule has 1 unspecified atom stereocenters. The van der Waals surface area contributed by atoms with Gasteiger partial charge in [0.2, 0.25) is 0 Å². The Balaban J connectivity index is 2.54. The van der Waals surface area contributed by atoms with Crippen LogP contribution in [0.3, 0.4) is 0 Å². The summed E-state index contributed by atoms with van der Waals surface area (Å²) in [5.74, 6) is -0.444. The van der Waals surface area contributed by atoms with E-state index in [9.17, 15) is 8.78 Å². The zero-order valence-electron chi connectivity index (χ0n) is 11.4. The van der Waals surface area contributed by atoms with Crippen molar-refractivity contribution in [2.24, 2.45) is 0 Å². The second-order valence-corrected chi connectivity index (χ2v) is 4.28. The van der Waals surface area contributed by atoms with E-state index in [0.29, 0.717) is 23.4 Å². The van der Waals surface area contributed by atoms with Gasteiger partial charge in [-0.05, 0) is 30.3 Å². The minimum Gasteiger partial charge on any atom is -0.496 e. The molecule has 20 heavy (non-hydrogen) atoms. The molecule has 106 valence electrons. The molecule has 0 spiro atoms. The molecule has 1 heterocycles. The van der Waals surface area contributed by atoms with Gasteiger partial charge in [0.1, 0.15) is 17.4 Å². The van der Waals surface area contributed by atoms with Gasteiger partial charge in [0.25, 0.3) is 0 Å². The Morgan fingerprint density at radius 1 is 1.30 bits per heavy atom. The number of hydrogen-bond acceptors (Lipinski definition) is 3. The number of benzene rings is 1. The highest BCUT2D eigenvalue weighted by atomic mass is 19.1. The molecule has 0 saturated heterocycles. The van der Waals surface area contributed by atoms with Gasteiger partial charge in [-0.1, -0.05) is 13.0 Å². The third-order valence-corrected chi connectivity index (χ3v) is 2.99. The first-order chi connectivity index (χ1) is 9.67. The van der Waals surface area contributed by atoms with Gasteiger partial charge in [-0.25, -0.2) is 8.78 Å². The number of methoxy groups -OCH3 is 1. The Labute approximate surface area is 116 Å². The van der Waals surface area contributed by atoms with Gasteiger partial charge >= 0.3 is 0 Å². The van der Waals surface area contributed by atoms with Crippen molar-refractivity contribution < 1.29 is 13.5 Å². The first-order valence-electron chi connectivity index (χ1n) is 6.33. The van der Waals surface area contributed by atoms with Crippen molar-refractivity contribution in [3.05, 3.63) is 59.4 Å². The van der Waals surface area contributed by atoms with E-state index in [1.807, 2.05) is 6.92 Å². The molecule has 0 bridgehead atoms. The van der Waals surface area contributed by atoms with Crippen LogP contribution in [0.1, 0.15) is 24.1 Å². The van der Waals surface area contributed by atoms with E-state index in [4.69, 9.17) is 4.74 Å². The van der Waals surface area contributed by atoms with Crippen LogP contribution in [0.2, 0.25) is 0 Å². The molecule has 0 aliphatic carbocycles. The zero-order chi connectivity index (χ0) is 14.5. The third-order valence-electron chi connectivity index (χ3n) is 2.99. The number of pyridine rings is 1. The molecule has 0 saturated carbocycles. The van der Waals surface area contributed by atoms with E-state index in [-0.39, 0.29) is 0 Å². The third kappa shape index (κ3) is 2.93. The molecule has 1 atom stereocenters. The number of hydrogen-bond donors (Lipinski definition) is 1. The molecule has 1 N–H and O–H groups in total. The van der Waals surface area contributed by atoms with Gasteiger partial charge < -0.3 is 10.1 Å². The van der Waals surface area contributed by atoms with Crippen LogP contribution in [0.15, 0.2) is 36.7 Å². The van der Waals surface area contributed by atoms with Crippen LogP contribution < -0.4 is 10.1 Å². The summed E-state index contributed by atoms with van der Waals surface area (Å²) in [4.78, 5) is 3.82. The van der Waals surface area contributed by atoms with Crippen LogP contribution in [0.5, 0.6) is 5.75 Å². The second kappa shape index (κ2) is 6.43. The normalized spacial score (nSPS) is 12.2. The molecule has 0 radical (unpaired) electrons. The summed E-state index contributed by atoms with van der Waals surface area (Å²) in [5.41, 5.74) is 0.902. The number of nitrogens with one attached hydrogen (secondary N) is 1. The Bertz CT molecular complexity index is 590. The first-order valence-corrected chi connectivity index (χ1v) is 6.33. The maximum Gasteiger partial charge on any atom is 0.141 e. The van der Waals surface area contributed by atoms with E-state index in [1.165, 1.54) is 25.4 Å². The molecule has 0 aliphatic rings. The highest BCUT2D eigenvalue weighted by Crippen LogP contribution is 2.32. The Morgan fingerprint density at radius 2 is 2.10 bits per heavy atom. The second-order valence-electron chi connectivity index (χ2n) is 4.28. The molecule has 5 heteroatoms. The van der Waals surface area contributed by atoms with Gasteiger partial charge in [-0.2, -0.15) is 0 Å². The van der Waals surface area contributed by atoms with Gasteiger partial charge in [0.05, 0.1) is 24.9 Å². The van der Waals surface area contributed by atoms with Crippen LogP contribution >= 0.6 is 0 Å². The number of nitrogens with zero attached hydrogens (tertiary/aromatic N) is 1. The lowest BCUT2D eigenvalue weighted by atomic mass is 9.98. The molecule has 0 amide bonds. The average Bonchev–Trinajstić information content (AvgIpc) is 2.45. The predicted octanol–water partition coefficient (Wildman–Crippen LogP) is 3.07. The monoisotopic (exact) mass is 278 g/mol. The van der Waals surface area contributed by atoms with Gasteiger partial charge in [0.15, 0.2) is 0 Å². The summed E-state index contributed by atoms with van der Waals surface area (Å²) in [6, 6.07) is 5.43. The van der Waals surface area contributed by atoms with Crippen molar-refractivity contribution in [2.75, 3.05) is 13.7 Å². The van der Waals surface area contributed by atoms with Crippen LogP contribution in [0.4, 0.5) is 8.78 Å². The molecule has 0 aliphatic heterocycles. The van der Waals surface area contributed by atoms with Crippen molar-refractivity contribution in [2.45, 2.75) is 13.0 Å². The van der Waals surface area contributed by atoms with Crippen molar-refractivity contribution in [3.8, 4) is 5.75 Å². The number of rotatable bonds is 5. The maximum absolute atomic E-state index is 14.2. The standard InChI is InChI=1S/C15H16F2N2O/c1-3-19-15(10-7-11(16)9-18-8-10)14-12(17)5-4-6-13(14)20-2/h4-9,15,19H,3H2,1-2H3. The van der Waals surface area contributed by atoms with E-state index in [0.717, 1.165) is 6.20 Å². The van der Waals surface area contributed by atoms with Gasteiger partial charge in [-0.15, -0.1) is 0 Å². The molecule has 1 aromatic heterocycles. The van der Waals surface area contributed by atoms with Crippen molar-refractivity contribution >= 4 is 0 Å². The molecule has 2 rings (SSSR count). The maximum atomic E-state index is 14.2. The lowest BCUT2D eigenvalue weighted by Crippen LogP contribution is -2.24. The van der Waals surface area contributed by atoms with Crippen molar-refractivity contribution in [1.29, 1.82) is 0 Å². The Morgan fingerprint density at radius 3 is 2.75 bits per heavy atom. The van der Waals surface area contributed by atoms with E-state index in [1.54, 1.807) is 12.1 Å². The van der Waals surface area contributed by atoms with Crippen molar-refractivity contribution in [3.63, 3.8) is 0 Å². The van der Waals surface area contributed by atoms with Crippen LogP contribution in [-0.2, 0) is 0 Å². The van der Waals surface area contributed by atoms with Crippen LogP contribution in [0.25, 0.3) is 0 Å². The fourth-order valence-corrected chi connectivity index (χ4v) is 2.15. The van der Waals surface area contributed by atoms with E-state index >= 15 is 0 Å². The summed E-state index contributed by atoms with van der Waals surface area (Å²) >= 11 is 0. The summed E-state index contributed by atoms with van der Waals surface area (Å²) in [5, 5.41) is 3.13. The van der Waals surface area contributed by atoms with Gasteiger partial charge in [-0.3, -0.25) is 4.98 Å². The number of aromatic nitrogens is 1. The van der Waals surface area contributed by atoms with Crippen molar-refractivity contribution in [1.82, 2.24) is 10.3 Å². The van der Waals surface area contributed by atoms with E-state index in [2.05, 4.69) is 10.3 Å². The fraction of sp³-hybridized carbons (Fsp3) is 0.267. The zero-order valence-corrected chi connectivity index (χ0v) is 11.4. The minimum absolute atomic E-state index is 0.351. The van der Waals surface area contributed by atoms with Gasteiger partial charge in [0, 0.05) is 6.20 Å². The minimum atomic E-state index is -0.514. The topological polar surface area (TPSA) is 34.2 Å². The van der Waals surface area contributed by atoms with Crippen LogP contribution in [0, 0.1) is 11.6 Å². The van der Waals surface area contributed by atoms with Crippen LogP contribution in [-0.4, -0.2) is 18.6 Å². The number of halogens is 2. The summed E-state index contributed by atoms with van der Waals surface area (Å²) < 4.78 is 32.7. The molecule has 1 aromatic carbocycles. The molecule has 0 fully saturated rings. The highest BCUT2D eigenvalue weighted by molar-refractivity contribution is 5.42. The summed E-state index contributed by atoms with van der Waals surface area (Å²) in [6.45, 7) is 2.49. The molecule has 2 aromatic rings. The average molecular weight is 278 g/mol. The molecule has 3 nitrogen and oxygen atoms in total. The lowest BCUT2D eigenvalue weighted by molar-refractivity contribution is 0.397. The summed E-state index contributed by atoms with van der Waals surface area (Å²) in [7, 11) is 1.48. The molecular weight excluding hydrogens is 262 g/mol. The predicted molar refractivity (Wildman–Crippen MR) is 72.7 cm³/mol. The largest absolute Gasteiger partial charge is 0.496 e. The Kier molecular flexibility index (Phi) is 4.63.